The lowest BCUT2D eigenvalue weighted by Gasteiger charge is -2.27. The van der Waals surface area contributed by atoms with E-state index in [1.165, 1.54) is 54.2 Å². The molecule has 0 N–H and O–H groups in total. The van der Waals surface area contributed by atoms with E-state index >= 15 is 0 Å². The molecular formula is C43H25NO. The highest BCUT2D eigenvalue weighted by Gasteiger charge is 2.40. The smallest absolute Gasteiger partial charge is 0.193 e. The van der Waals surface area contributed by atoms with Gasteiger partial charge in [-0.25, -0.2) is 0 Å². The normalized spacial score (nSPS) is 15.1. The zero-order valence-corrected chi connectivity index (χ0v) is 24.3. The molecule has 0 aromatic heterocycles. The first-order valence-electron chi connectivity index (χ1n) is 15.5. The minimum atomic E-state index is -0.100. The van der Waals surface area contributed by atoms with Crippen LogP contribution in [0.4, 0.5) is 5.69 Å². The first-order valence-corrected chi connectivity index (χ1v) is 15.5. The fraction of sp³-hybridized carbons (Fsp3) is 0.0233. The Hall–Kier alpha value is -5.86. The zero-order valence-electron chi connectivity index (χ0n) is 24.3. The van der Waals surface area contributed by atoms with Crippen LogP contribution in [-0.2, 0) is 0 Å². The van der Waals surface area contributed by atoms with E-state index in [9.17, 15) is 4.79 Å². The molecule has 0 fully saturated rings. The van der Waals surface area contributed by atoms with Gasteiger partial charge in [-0.05, 0) is 71.9 Å². The van der Waals surface area contributed by atoms with Crippen LogP contribution < -0.4 is 0 Å². The van der Waals surface area contributed by atoms with Gasteiger partial charge in [-0.15, -0.1) is 0 Å². The monoisotopic (exact) mass is 571 g/mol. The van der Waals surface area contributed by atoms with Crippen LogP contribution in [-0.4, -0.2) is 11.5 Å². The van der Waals surface area contributed by atoms with Crippen molar-refractivity contribution in [2.45, 2.75) is 5.92 Å². The van der Waals surface area contributed by atoms with E-state index in [0.717, 1.165) is 39.2 Å². The first kappa shape index (κ1) is 24.6. The molecule has 1 aliphatic carbocycles. The van der Waals surface area contributed by atoms with Crippen molar-refractivity contribution in [2.75, 3.05) is 0 Å². The summed E-state index contributed by atoms with van der Waals surface area (Å²) in [6.45, 7) is 0. The fourth-order valence-electron chi connectivity index (χ4n) is 7.97. The molecule has 2 nitrogen and oxygen atoms in total. The molecule has 8 aromatic rings. The molecule has 1 aliphatic heterocycles. The van der Waals surface area contributed by atoms with Gasteiger partial charge in [-0.2, -0.15) is 0 Å². The number of hydrogen-bond acceptors (Lipinski definition) is 2. The Labute approximate surface area is 259 Å². The van der Waals surface area contributed by atoms with Crippen LogP contribution in [0.3, 0.4) is 0 Å². The quantitative estimate of drug-likeness (QED) is 0.150. The third kappa shape index (κ3) is 3.34. The summed E-state index contributed by atoms with van der Waals surface area (Å²) in [7, 11) is 0. The Balaban J connectivity index is 1.27. The van der Waals surface area contributed by atoms with E-state index in [2.05, 4.69) is 115 Å². The van der Waals surface area contributed by atoms with Crippen LogP contribution in [0.1, 0.15) is 38.5 Å². The molecule has 1 heterocycles. The van der Waals surface area contributed by atoms with Gasteiger partial charge >= 0.3 is 0 Å². The summed E-state index contributed by atoms with van der Waals surface area (Å²) in [6.07, 6.45) is 0. The highest BCUT2D eigenvalue weighted by Crippen LogP contribution is 2.51. The summed E-state index contributed by atoms with van der Waals surface area (Å²) in [4.78, 5) is 19.0. The molecule has 10 rings (SSSR count). The summed E-state index contributed by atoms with van der Waals surface area (Å²) in [5.41, 5.74) is 9.11. The standard InChI is InChI=1S/C43H25NO/c45-43-35-17-8-7-16-34(35)41-40-36(43)18-9-19-37(40)44-42(41)39-32-14-5-3-12-30(32)38(31-13-4-6-15-33(31)39)27-22-23-29-26(24-27)21-20-25-10-1-2-11-28(25)29/h1-24,41H. The van der Waals surface area contributed by atoms with Crippen molar-refractivity contribution in [2.24, 2.45) is 4.99 Å². The van der Waals surface area contributed by atoms with Crippen LogP contribution in [0.5, 0.6) is 0 Å². The number of carbonyl (C=O) groups excluding carboxylic acids is 1. The molecule has 1 atom stereocenters. The lowest BCUT2D eigenvalue weighted by molar-refractivity contribution is 0.103. The maximum absolute atomic E-state index is 13.6. The second kappa shape index (κ2) is 9.07. The van der Waals surface area contributed by atoms with Gasteiger partial charge in [0.2, 0.25) is 0 Å². The predicted molar refractivity (Wildman–Crippen MR) is 186 cm³/mol. The van der Waals surface area contributed by atoms with E-state index < -0.39 is 0 Å². The third-order valence-electron chi connectivity index (χ3n) is 9.87. The molecule has 0 spiro atoms. The lowest BCUT2D eigenvalue weighted by atomic mass is 9.73. The van der Waals surface area contributed by atoms with Gasteiger partial charge in [0.1, 0.15) is 0 Å². The summed E-state index contributed by atoms with van der Waals surface area (Å²) in [5, 5.41) is 9.77. The topological polar surface area (TPSA) is 29.4 Å². The number of benzene rings is 8. The average molecular weight is 572 g/mol. The van der Waals surface area contributed by atoms with Crippen LogP contribution in [0, 0.1) is 0 Å². The maximum Gasteiger partial charge on any atom is 0.193 e. The summed E-state index contributed by atoms with van der Waals surface area (Å²) < 4.78 is 0. The Morgan fingerprint density at radius 3 is 1.84 bits per heavy atom. The van der Waals surface area contributed by atoms with Crippen molar-refractivity contribution < 1.29 is 4.79 Å². The second-order valence-electron chi connectivity index (χ2n) is 12.1. The fourth-order valence-corrected chi connectivity index (χ4v) is 7.97. The SMILES string of the molecule is O=C1c2ccccc2C2C(c3c4ccccc4c(-c4ccc5c(ccc6ccccc65)c4)c4ccccc34)=Nc3cccc1c32. The van der Waals surface area contributed by atoms with Gasteiger partial charge in [0.05, 0.1) is 17.3 Å². The largest absolute Gasteiger partial charge is 0.289 e. The number of rotatable bonds is 2. The van der Waals surface area contributed by atoms with Crippen LogP contribution in [0.15, 0.2) is 151 Å². The van der Waals surface area contributed by atoms with Gasteiger partial charge in [0, 0.05) is 22.3 Å². The number of fused-ring (bicyclic) bond motifs is 7. The summed E-state index contributed by atoms with van der Waals surface area (Å²) >= 11 is 0. The van der Waals surface area contributed by atoms with Gasteiger partial charge in [0.15, 0.2) is 5.78 Å². The van der Waals surface area contributed by atoms with E-state index in [0.29, 0.717) is 0 Å². The lowest BCUT2D eigenvalue weighted by Crippen LogP contribution is -2.23. The zero-order chi connectivity index (χ0) is 29.6. The number of aliphatic imine (C=N–C) groups is 1. The molecule has 1 unspecified atom stereocenters. The second-order valence-corrected chi connectivity index (χ2v) is 12.1. The molecule has 8 aromatic carbocycles. The Bertz CT molecular complexity index is 2570. The van der Waals surface area contributed by atoms with Gasteiger partial charge < -0.3 is 0 Å². The van der Waals surface area contributed by atoms with Crippen molar-refractivity contribution in [1.82, 2.24) is 0 Å². The van der Waals surface area contributed by atoms with Crippen molar-refractivity contribution in [3.05, 3.63) is 173 Å². The molecule has 0 saturated heterocycles. The van der Waals surface area contributed by atoms with E-state index in [-0.39, 0.29) is 11.7 Å². The number of nitrogens with zero attached hydrogens (tertiary/aromatic N) is 1. The summed E-state index contributed by atoms with van der Waals surface area (Å²) in [5.74, 6) is -0.0130. The Kier molecular flexibility index (Phi) is 4.95. The molecule has 208 valence electrons. The molecular weight excluding hydrogens is 546 g/mol. The molecule has 45 heavy (non-hydrogen) atoms. The van der Waals surface area contributed by atoms with Crippen molar-refractivity contribution >= 4 is 60.3 Å². The average Bonchev–Trinajstić information content (AvgIpc) is 3.49. The van der Waals surface area contributed by atoms with Crippen molar-refractivity contribution in [1.29, 1.82) is 0 Å². The predicted octanol–water partition coefficient (Wildman–Crippen LogP) is 10.8. The minimum absolute atomic E-state index is 0.0873. The molecule has 0 saturated carbocycles. The molecule has 0 radical (unpaired) electrons. The number of carbonyl (C=O) groups is 1. The molecule has 2 heteroatoms. The minimum Gasteiger partial charge on any atom is -0.289 e. The van der Waals surface area contributed by atoms with Gasteiger partial charge in [-0.1, -0.05) is 133 Å². The van der Waals surface area contributed by atoms with Gasteiger partial charge in [0.25, 0.3) is 0 Å². The van der Waals surface area contributed by atoms with Crippen LogP contribution in [0.2, 0.25) is 0 Å². The Morgan fingerprint density at radius 2 is 1.07 bits per heavy atom. The molecule has 0 amide bonds. The summed E-state index contributed by atoms with van der Waals surface area (Å²) in [6, 6.07) is 51.5. The van der Waals surface area contributed by atoms with E-state index in [1.807, 2.05) is 30.3 Å². The van der Waals surface area contributed by atoms with Crippen molar-refractivity contribution in [3.63, 3.8) is 0 Å². The number of ketones is 1. The highest BCUT2D eigenvalue weighted by molar-refractivity contribution is 6.31. The maximum atomic E-state index is 13.6. The molecule has 2 aliphatic rings. The first-order chi connectivity index (χ1) is 22.3. The Morgan fingerprint density at radius 1 is 0.467 bits per heavy atom. The van der Waals surface area contributed by atoms with Gasteiger partial charge in [-0.3, -0.25) is 9.79 Å². The van der Waals surface area contributed by atoms with Crippen LogP contribution >= 0.6 is 0 Å². The number of hydrogen-bond donors (Lipinski definition) is 0. The molecule has 0 bridgehead atoms. The van der Waals surface area contributed by atoms with Crippen LogP contribution in [0.25, 0.3) is 54.2 Å². The third-order valence-corrected chi connectivity index (χ3v) is 9.87. The van der Waals surface area contributed by atoms with E-state index in [4.69, 9.17) is 4.99 Å². The van der Waals surface area contributed by atoms with Crippen molar-refractivity contribution in [3.8, 4) is 11.1 Å². The highest BCUT2D eigenvalue weighted by atomic mass is 16.1. The van der Waals surface area contributed by atoms with E-state index in [1.54, 1.807) is 0 Å².